The molecule has 0 fully saturated rings. The van der Waals surface area contributed by atoms with E-state index in [-0.39, 0.29) is 11.4 Å². The average Bonchev–Trinajstić information content (AvgIpc) is 2.95. The number of aryl methyl sites for hydroxylation is 3. The zero-order valence-electron chi connectivity index (χ0n) is 17.0. The van der Waals surface area contributed by atoms with Gasteiger partial charge in [0.25, 0.3) is 5.69 Å². The molecule has 0 aliphatic carbocycles. The molecule has 3 aromatic rings. The number of nitro groups is 2. The highest BCUT2D eigenvalue weighted by Gasteiger charge is 2.19. The largest absolute Gasteiger partial charge is 0.317 e. The van der Waals surface area contributed by atoms with Crippen molar-refractivity contribution in [3.8, 4) is 5.69 Å². The molecule has 9 nitrogen and oxygen atoms in total. The van der Waals surface area contributed by atoms with E-state index in [0.717, 1.165) is 39.8 Å². The molecule has 0 saturated carbocycles. The van der Waals surface area contributed by atoms with Crippen LogP contribution in [0.15, 0.2) is 47.6 Å². The highest BCUT2D eigenvalue weighted by atomic mass is 16.6. The van der Waals surface area contributed by atoms with E-state index in [9.17, 15) is 20.2 Å². The average molecular weight is 407 g/mol. The number of benzene rings is 2. The predicted octanol–water partition coefficient (Wildman–Crippen LogP) is 4.97. The lowest BCUT2D eigenvalue weighted by molar-refractivity contribution is -0.393. The molecule has 0 atom stereocenters. The van der Waals surface area contributed by atoms with Gasteiger partial charge in [-0.2, -0.15) is 5.10 Å². The van der Waals surface area contributed by atoms with Crippen LogP contribution in [-0.2, 0) is 0 Å². The number of hydrazone groups is 1. The summed E-state index contributed by atoms with van der Waals surface area (Å²) in [5, 5.41) is 26.2. The first-order valence-electron chi connectivity index (χ1n) is 9.18. The van der Waals surface area contributed by atoms with Gasteiger partial charge in [0.1, 0.15) is 5.69 Å². The van der Waals surface area contributed by atoms with Gasteiger partial charge in [0.2, 0.25) is 0 Å². The maximum absolute atomic E-state index is 11.2. The van der Waals surface area contributed by atoms with Gasteiger partial charge in [-0.1, -0.05) is 18.2 Å². The molecule has 1 heterocycles. The molecule has 0 aliphatic rings. The maximum Gasteiger partial charge on any atom is 0.301 e. The van der Waals surface area contributed by atoms with Crippen LogP contribution in [0.5, 0.6) is 0 Å². The molecule has 154 valence electrons. The summed E-state index contributed by atoms with van der Waals surface area (Å²) in [5.41, 5.74) is 8.22. The third-order valence-electron chi connectivity index (χ3n) is 4.91. The maximum atomic E-state index is 11.2. The van der Waals surface area contributed by atoms with E-state index in [1.54, 1.807) is 6.21 Å². The van der Waals surface area contributed by atoms with Gasteiger partial charge in [-0.05, 0) is 51.0 Å². The van der Waals surface area contributed by atoms with Gasteiger partial charge in [-0.25, -0.2) is 0 Å². The summed E-state index contributed by atoms with van der Waals surface area (Å²) in [6.45, 7) is 8.11. The van der Waals surface area contributed by atoms with Crippen LogP contribution in [0.3, 0.4) is 0 Å². The Balaban J connectivity index is 1.92. The highest BCUT2D eigenvalue weighted by molar-refractivity contribution is 5.83. The third kappa shape index (κ3) is 3.90. The fourth-order valence-electron chi connectivity index (χ4n) is 3.47. The summed E-state index contributed by atoms with van der Waals surface area (Å²) in [6.07, 6.45) is 1.58. The normalized spacial score (nSPS) is 11.1. The van der Waals surface area contributed by atoms with E-state index in [4.69, 9.17) is 0 Å². The summed E-state index contributed by atoms with van der Waals surface area (Å²) in [6, 6.07) is 11.5. The zero-order chi connectivity index (χ0) is 22.0. The Hall–Kier alpha value is -4.01. The number of para-hydroxylation sites is 1. The van der Waals surface area contributed by atoms with Crippen molar-refractivity contribution in [2.24, 2.45) is 5.10 Å². The van der Waals surface area contributed by atoms with Crippen LogP contribution in [-0.4, -0.2) is 20.6 Å². The van der Waals surface area contributed by atoms with Crippen LogP contribution in [0, 0.1) is 47.9 Å². The van der Waals surface area contributed by atoms with Gasteiger partial charge in [0.15, 0.2) is 0 Å². The predicted molar refractivity (Wildman–Crippen MR) is 116 cm³/mol. The second-order valence-electron chi connectivity index (χ2n) is 6.99. The van der Waals surface area contributed by atoms with Crippen molar-refractivity contribution < 1.29 is 9.85 Å². The fourth-order valence-corrected chi connectivity index (χ4v) is 3.47. The smallest absolute Gasteiger partial charge is 0.301 e. The SMILES string of the molecule is Cc1cccc(C)c1-n1c(C)cc(/C=N\Nc2ccc([N+](=O)[O-])cc2[N+](=O)[O-])c1C. The molecular weight excluding hydrogens is 386 g/mol. The Bertz CT molecular complexity index is 1160. The van der Waals surface area contributed by atoms with Crippen molar-refractivity contribution in [3.63, 3.8) is 0 Å². The number of nitrogens with one attached hydrogen (secondary N) is 1. The first kappa shape index (κ1) is 20.7. The monoisotopic (exact) mass is 407 g/mol. The topological polar surface area (TPSA) is 116 Å². The molecular formula is C21H21N5O4. The Labute approximate surface area is 173 Å². The van der Waals surface area contributed by atoms with Gasteiger partial charge < -0.3 is 4.57 Å². The van der Waals surface area contributed by atoms with Crippen LogP contribution < -0.4 is 5.43 Å². The second-order valence-corrected chi connectivity index (χ2v) is 6.99. The summed E-state index contributed by atoms with van der Waals surface area (Å²) >= 11 is 0. The van der Waals surface area contributed by atoms with E-state index in [1.165, 1.54) is 12.1 Å². The Kier molecular flexibility index (Phi) is 5.63. The number of aromatic nitrogens is 1. The summed E-state index contributed by atoms with van der Waals surface area (Å²) in [5.74, 6) is 0. The summed E-state index contributed by atoms with van der Waals surface area (Å²) < 4.78 is 2.15. The molecule has 9 heteroatoms. The first-order valence-corrected chi connectivity index (χ1v) is 9.18. The molecule has 30 heavy (non-hydrogen) atoms. The number of hydrogen-bond acceptors (Lipinski definition) is 6. The third-order valence-corrected chi connectivity index (χ3v) is 4.91. The number of hydrogen-bond donors (Lipinski definition) is 1. The minimum Gasteiger partial charge on any atom is -0.317 e. The lowest BCUT2D eigenvalue weighted by Gasteiger charge is -2.15. The Morgan fingerprint density at radius 3 is 2.23 bits per heavy atom. The Morgan fingerprint density at radius 1 is 0.967 bits per heavy atom. The number of anilines is 1. The van der Waals surface area contributed by atoms with Crippen LogP contribution in [0.4, 0.5) is 17.1 Å². The molecule has 0 saturated heterocycles. The molecule has 1 N–H and O–H groups in total. The molecule has 0 amide bonds. The van der Waals surface area contributed by atoms with Crippen molar-refractivity contribution >= 4 is 23.3 Å². The van der Waals surface area contributed by atoms with Crippen molar-refractivity contribution in [2.45, 2.75) is 27.7 Å². The molecule has 2 aromatic carbocycles. The highest BCUT2D eigenvalue weighted by Crippen LogP contribution is 2.29. The quantitative estimate of drug-likeness (QED) is 0.352. The van der Waals surface area contributed by atoms with E-state index < -0.39 is 15.5 Å². The molecule has 1 aromatic heterocycles. The van der Waals surface area contributed by atoms with Gasteiger partial charge in [0, 0.05) is 23.0 Å². The van der Waals surface area contributed by atoms with Crippen molar-refractivity contribution in [2.75, 3.05) is 5.43 Å². The van der Waals surface area contributed by atoms with Gasteiger partial charge in [-0.15, -0.1) is 0 Å². The lowest BCUT2D eigenvalue weighted by Crippen LogP contribution is -2.04. The molecule has 0 bridgehead atoms. The summed E-state index contributed by atoms with van der Waals surface area (Å²) in [7, 11) is 0. The van der Waals surface area contributed by atoms with Crippen molar-refractivity contribution in [1.29, 1.82) is 0 Å². The Morgan fingerprint density at radius 2 is 1.63 bits per heavy atom. The standard InChI is InChI=1S/C21H21N5O4/c1-13-6-5-7-14(2)21(13)24-15(3)10-17(16(24)4)12-22-23-19-9-8-18(25(27)28)11-20(19)26(29)30/h5-12,23H,1-4H3/b22-12-. The van der Waals surface area contributed by atoms with Crippen LogP contribution in [0.2, 0.25) is 0 Å². The van der Waals surface area contributed by atoms with Gasteiger partial charge in [0.05, 0.1) is 27.8 Å². The molecule has 0 spiro atoms. The van der Waals surface area contributed by atoms with E-state index in [0.29, 0.717) is 0 Å². The lowest BCUT2D eigenvalue weighted by atomic mass is 10.1. The molecule has 0 radical (unpaired) electrons. The van der Waals surface area contributed by atoms with Crippen LogP contribution in [0.1, 0.15) is 28.1 Å². The van der Waals surface area contributed by atoms with E-state index in [2.05, 4.69) is 41.1 Å². The molecule has 3 rings (SSSR count). The minimum absolute atomic E-state index is 0.0744. The zero-order valence-corrected chi connectivity index (χ0v) is 17.0. The summed E-state index contributed by atoms with van der Waals surface area (Å²) in [4.78, 5) is 20.7. The number of rotatable bonds is 6. The fraction of sp³-hybridized carbons (Fsp3) is 0.190. The van der Waals surface area contributed by atoms with E-state index in [1.807, 2.05) is 26.0 Å². The number of non-ortho nitro benzene ring substituents is 1. The van der Waals surface area contributed by atoms with Crippen LogP contribution in [0.25, 0.3) is 5.69 Å². The van der Waals surface area contributed by atoms with Crippen molar-refractivity contribution in [1.82, 2.24) is 4.57 Å². The van der Waals surface area contributed by atoms with Gasteiger partial charge in [-0.3, -0.25) is 25.7 Å². The second kappa shape index (κ2) is 8.16. The number of nitrogens with zero attached hydrogens (tertiary/aromatic N) is 4. The van der Waals surface area contributed by atoms with E-state index >= 15 is 0 Å². The number of nitro benzene ring substituents is 2. The van der Waals surface area contributed by atoms with Gasteiger partial charge >= 0.3 is 5.69 Å². The first-order chi connectivity index (χ1) is 14.2. The van der Waals surface area contributed by atoms with Crippen molar-refractivity contribution in [3.05, 3.63) is 90.8 Å². The van der Waals surface area contributed by atoms with Crippen LogP contribution >= 0.6 is 0 Å². The molecule has 0 aliphatic heterocycles. The minimum atomic E-state index is -0.683. The molecule has 0 unspecified atom stereocenters.